The first kappa shape index (κ1) is 14.7. The summed E-state index contributed by atoms with van der Waals surface area (Å²) in [4.78, 5) is 47.0. The maximum atomic E-state index is 11.9. The van der Waals surface area contributed by atoms with Crippen molar-refractivity contribution in [2.75, 3.05) is 10.2 Å². The fraction of sp³-hybridized carbons (Fsp3) is 0.286. The number of benzene rings is 1. The van der Waals surface area contributed by atoms with Crippen LogP contribution >= 0.6 is 0 Å². The minimum Gasteiger partial charge on any atom is -0.478 e. The Labute approximate surface area is 120 Å². The molecule has 21 heavy (non-hydrogen) atoms. The van der Waals surface area contributed by atoms with Crippen LogP contribution in [0.2, 0.25) is 0 Å². The molecule has 1 aliphatic heterocycles. The van der Waals surface area contributed by atoms with E-state index in [0.29, 0.717) is 12.1 Å². The van der Waals surface area contributed by atoms with Crippen molar-refractivity contribution in [2.24, 2.45) is 0 Å². The molecule has 0 aliphatic carbocycles. The van der Waals surface area contributed by atoms with Gasteiger partial charge in [0.25, 0.3) is 0 Å². The predicted molar refractivity (Wildman–Crippen MR) is 74.0 cm³/mol. The largest absolute Gasteiger partial charge is 0.478 e. The van der Waals surface area contributed by atoms with Gasteiger partial charge in [0.05, 0.1) is 11.3 Å². The maximum absolute atomic E-state index is 11.9. The number of anilines is 2. The van der Waals surface area contributed by atoms with Crippen LogP contribution in [0.15, 0.2) is 18.2 Å². The Morgan fingerprint density at radius 1 is 1.19 bits per heavy atom. The number of nitrogens with one attached hydrogen (secondary N) is 1. The highest BCUT2D eigenvalue weighted by Crippen LogP contribution is 2.28. The zero-order chi connectivity index (χ0) is 15.6. The van der Waals surface area contributed by atoms with Gasteiger partial charge >= 0.3 is 5.97 Å². The lowest BCUT2D eigenvalue weighted by atomic mass is 10.1. The van der Waals surface area contributed by atoms with E-state index in [2.05, 4.69) is 5.32 Å². The lowest BCUT2D eigenvalue weighted by Gasteiger charge is -2.26. The van der Waals surface area contributed by atoms with Gasteiger partial charge in [0.2, 0.25) is 17.7 Å². The summed E-state index contributed by atoms with van der Waals surface area (Å²) in [6.07, 6.45) is 0.886. The number of piperidine rings is 1. The second kappa shape index (κ2) is 5.74. The van der Waals surface area contributed by atoms with Crippen LogP contribution in [0.3, 0.4) is 0 Å². The number of hydrogen-bond donors (Lipinski definition) is 2. The van der Waals surface area contributed by atoms with Crippen LogP contribution < -0.4 is 10.2 Å². The van der Waals surface area contributed by atoms with Crippen molar-refractivity contribution >= 4 is 35.1 Å². The van der Waals surface area contributed by atoms with E-state index in [1.54, 1.807) is 0 Å². The fourth-order valence-corrected chi connectivity index (χ4v) is 2.21. The minimum atomic E-state index is -1.27. The molecule has 1 heterocycles. The van der Waals surface area contributed by atoms with E-state index in [0.717, 1.165) is 4.90 Å². The Bertz CT molecular complexity index is 622. The summed E-state index contributed by atoms with van der Waals surface area (Å²) < 4.78 is 0. The van der Waals surface area contributed by atoms with E-state index < -0.39 is 17.8 Å². The number of imide groups is 1. The average Bonchev–Trinajstić information content (AvgIpc) is 2.39. The van der Waals surface area contributed by atoms with E-state index in [1.165, 1.54) is 25.1 Å². The van der Waals surface area contributed by atoms with Crippen LogP contribution in [0.5, 0.6) is 0 Å². The van der Waals surface area contributed by atoms with E-state index in [4.69, 9.17) is 0 Å². The predicted octanol–water partition coefficient (Wildman–Crippen LogP) is 1.39. The standard InChI is InChI=1S/C14H14N2O5/c1-8(17)15-9-5-6-11(10(7-9)14(20)21)16-12(18)3-2-4-13(16)19/h5-7H,2-4H2,1H3,(H,15,17)(H,20,21). The van der Waals surface area contributed by atoms with E-state index in [9.17, 15) is 24.3 Å². The monoisotopic (exact) mass is 290 g/mol. The third-order valence-electron chi connectivity index (χ3n) is 3.07. The third-order valence-corrected chi connectivity index (χ3v) is 3.07. The normalized spacial score (nSPS) is 15.0. The van der Waals surface area contributed by atoms with Gasteiger partial charge in [-0.1, -0.05) is 0 Å². The molecule has 0 spiro atoms. The topological polar surface area (TPSA) is 104 Å². The van der Waals surface area contributed by atoms with Crippen LogP contribution in [-0.2, 0) is 14.4 Å². The molecule has 7 heteroatoms. The molecule has 1 fully saturated rings. The second-order valence-electron chi connectivity index (χ2n) is 4.69. The van der Waals surface area contributed by atoms with Crippen LogP contribution in [0.4, 0.5) is 11.4 Å². The number of carboxylic acid groups (broad SMARTS) is 1. The smallest absolute Gasteiger partial charge is 0.337 e. The summed E-state index contributed by atoms with van der Waals surface area (Å²) in [5, 5.41) is 11.7. The van der Waals surface area contributed by atoms with E-state index >= 15 is 0 Å². The quantitative estimate of drug-likeness (QED) is 0.818. The number of carbonyl (C=O) groups is 4. The van der Waals surface area contributed by atoms with Gasteiger partial charge in [0, 0.05) is 25.5 Å². The molecule has 1 aromatic rings. The van der Waals surface area contributed by atoms with Gasteiger partial charge < -0.3 is 10.4 Å². The number of aromatic carboxylic acids is 1. The van der Waals surface area contributed by atoms with Crippen molar-refractivity contribution < 1.29 is 24.3 Å². The first-order chi connectivity index (χ1) is 9.90. The van der Waals surface area contributed by atoms with Crippen LogP contribution in [-0.4, -0.2) is 28.8 Å². The van der Waals surface area contributed by atoms with Crippen molar-refractivity contribution in [2.45, 2.75) is 26.2 Å². The average molecular weight is 290 g/mol. The molecule has 1 aromatic carbocycles. The zero-order valence-electron chi connectivity index (χ0n) is 11.4. The first-order valence-electron chi connectivity index (χ1n) is 6.41. The van der Waals surface area contributed by atoms with Crippen molar-refractivity contribution in [1.29, 1.82) is 0 Å². The minimum absolute atomic E-state index is 0.0336. The zero-order valence-corrected chi connectivity index (χ0v) is 11.4. The summed E-state index contributed by atoms with van der Waals surface area (Å²) in [5.41, 5.74) is 0.122. The molecule has 2 N–H and O–H groups in total. The lowest BCUT2D eigenvalue weighted by Crippen LogP contribution is -2.41. The SMILES string of the molecule is CC(=O)Nc1ccc(N2C(=O)CCCC2=O)c(C(=O)O)c1. The van der Waals surface area contributed by atoms with Gasteiger partial charge in [-0.2, -0.15) is 0 Å². The van der Waals surface area contributed by atoms with Gasteiger partial charge in [0.1, 0.15) is 0 Å². The lowest BCUT2D eigenvalue weighted by molar-refractivity contribution is -0.129. The highest BCUT2D eigenvalue weighted by molar-refractivity contribution is 6.19. The van der Waals surface area contributed by atoms with Gasteiger partial charge in [-0.05, 0) is 24.6 Å². The molecule has 1 saturated heterocycles. The van der Waals surface area contributed by atoms with Gasteiger partial charge in [0.15, 0.2) is 0 Å². The molecule has 0 unspecified atom stereocenters. The number of hydrogen-bond acceptors (Lipinski definition) is 4. The van der Waals surface area contributed by atoms with E-state index in [1.807, 2.05) is 0 Å². The Kier molecular flexibility index (Phi) is 4.02. The van der Waals surface area contributed by atoms with Crippen molar-refractivity contribution in [3.63, 3.8) is 0 Å². The van der Waals surface area contributed by atoms with Crippen molar-refractivity contribution in [3.05, 3.63) is 23.8 Å². The highest BCUT2D eigenvalue weighted by atomic mass is 16.4. The molecule has 3 amide bonds. The Morgan fingerprint density at radius 2 is 1.81 bits per heavy atom. The second-order valence-corrected chi connectivity index (χ2v) is 4.69. The van der Waals surface area contributed by atoms with Crippen LogP contribution in [0.25, 0.3) is 0 Å². The molecule has 7 nitrogen and oxygen atoms in total. The number of carboxylic acids is 1. The first-order valence-corrected chi connectivity index (χ1v) is 6.41. The third kappa shape index (κ3) is 3.07. The van der Waals surface area contributed by atoms with Crippen LogP contribution in [0, 0.1) is 0 Å². The molecule has 0 saturated carbocycles. The van der Waals surface area contributed by atoms with Crippen molar-refractivity contribution in [1.82, 2.24) is 0 Å². The molecule has 0 atom stereocenters. The molecular formula is C14H14N2O5. The molecular weight excluding hydrogens is 276 g/mol. The Morgan fingerprint density at radius 3 is 2.33 bits per heavy atom. The number of carbonyl (C=O) groups excluding carboxylic acids is 3. The molecule has 110 valence electrons. The fourth-order valence-electron chi connectivity index (χ4n) is 2.21. The van der Waals surface area contributed by atoms with E-state index in [-0.39, 0.29) is 30.0 Å². The van der Waals surface area contributed by atoms with Gasteiger partial charge in [-0.25, -0.2) is 9.69 Å². The Balaban J connectivity index is 2.47. The molecule has 0 radical (unpaired) electrons. The number of rotatable bonds is 3. The number of amides is 3. The summed E-state index contributed by atoms with van der Waals surface area (Å²) >= 11 is 0. The van der Waals surface area contributed by atoms with Gasteiger partial charge in [-0.3, -0.25) is 14.4 Å². The van der Waals surface area contributed by atoms with Crippen molar-refractivity contribution in [3.8, 4) is 0 Å². The maximum Gasteiger partial charge on any atom is 0.337 e. The van der Waals surface area contributed by atoms with Crippen LogP contribution in [0.1, 0.15) is 36.5 Å². The summed E-state index contributed by atoms with van der Waals surface area (Å²) in [5.74, 6) is -2.45. The molecule has 0 aromatic heterocycles. The summed E-state index contributed by atoms with van der Waals surface area (Å²) in [7, 11) is 0. The summed E-state index contributed by atoms with van der Waals surface area (Å²) in [6.45, 7) is 1.30. The summed E-state index contributed by atoms with van der Waals surface area (Å²) in [6, 6.07) is 4.04. The van der Waals surface area contributed by atoms with Gasteiger partial charge in [-0.15, -0.1) is 0 Å². The Hall–Kier alpha value is -2.70. The molecule has 2 rings (SSSR count). The molecule has 0 bridgehead atoms. The highest BCUT2D eigenvalue weighted by Gasteiger charge is 2.30. The molecule has 1 aliphatic rings. The number of nitrogens with zero attached hydrogens (tertiary/aromatic N) is 1.